The molecular formula is C14H19BrN4O. The standard InChI is InChI=1S/C14H19BrN4O/c15-12-7-11(1-4-17-12)19-9-14(20-13(19)16)8-18-5-2-10(14)3-6-18/h1,4,7,10,13H,2-3,5-6,8-9,16H2. The summed E-state index contributed by atoms with van der Waals surface area (Å²) < 4.78 is 7.09. The van der Waals surface area contributed by atoms with E-state index in [9.17, 15) is 0 Å². The average Bonchev–Trinajstić information content (AvgIpc) is 2.76. The Kier molecular flexibility index (Phi) is 3.03. The molecule has 2 unspecified atom stereocenters. The molecule has 5 rings (SSSR count). The predicted molar refractivity (Wildman–Crippen MR) is 80.2 cm³/mol. The summed E-state index contributed by atoms with van der Waals surface area (Å²) in [6.07, 6.45) is 3.92. The van der Waals surface area contributed by atoms with Gasteiger partial charge in [-0.3, -0.25) is 5.73 Å². The van der Waals surface area contributed by atoms with Crippen molar-refractivity contribution in [2.24, 2.45) is 11.7 Å². The van der Waals surface area contributed by atoms with Crippen molar-refractivity contribution in [3.63, 3.8) is 0 Å². The Morgan fingerprint density at radius 2 is 2.15 bits per heavy atom. The minimum atomic E-state index is -0.357. The minimum absolute atomic E-state index is 0.0777. The van der Waals surface area contributed by atoms with Crippen LogP contribution in [-0.4, -0.2) is 48.0 Å². The van der Waals surface area contributed by atoms with Crippen LogP contribution in [-0.2, 0) is 4.74 Å². The smallest absolute Gasteiger partial charge is 0.185 e. The van der Waals surface area contributed by atoms with E-state index in [1.165, 1.54) is 25.9 Å². The van der Waals surface area contributed by atoms with Gasteiger partial charge in [0.05, 0.1) is 6.54 Å². The molecule has 0 aromatic carbocycles. The van der Waals surface area contributed by atoms with Crippen molar-refractivity contribution in [2.75, 3.05) is 31.1 Å². The molecule has 0 amide bonds. The first-order chi connectivity index (χ1) is 9.66. The number of piperidine rings is 3. The lowest BCUT2D eigenvalue weighted by atomic mass is 9.75. The van der Waals surface area contributed by atoms with Crippen LogP contribution in [0.4, 0.5) is 5.69 Å². The van der Waals surface area contributed by atoms with Crippen LogP contribution in [0.15, 0.2) is 22.9 Å². The van der Waals surface area contributed by atoms with Crippen LogP contribution in [0.2, 0.25) is 0 Å². The maximum atomic E-state index is 6.26. The third-order valence-electron chi connectivity index (χ3n) is 4.97. The summed E-state index contributed by atoms with van der Waals surface area (Å²) in [4.78, 5) is 8.85. The summed E-state index contributed by atoms with van der Waals surface area (Å²) in [5.74, 6) is 0.647. The summed E-state index contributed by atoms with van der Waals surface area (Å²) in [5, 5.41) is 0. The molecule has 4 aliphatic rings. The van der Waals surface area contributed by atoms with Gasteiger partial charge in [-0.25, -0.2) is 4.98 Å². The fraction of sp³-hybridized carbons (Fsp3) is 0.643. The van der Waals surface area contributed by atoms with Gasteiger partial charge in [0.25, 0.3) is 0 Å². The zero-order valence-corrected chi connectivity index (χ0v) is 12.9. The molecular weight excluding hydrogens is 320 g/mol. The van der Waals surface area contributed by atoms with E-state index < -0.39 is 0 Å². The molecule has 2 N–H and O–H groups in total. The van der Waals surface area contributed by atoms with Crippen molar-refractivity contribution in [3.8, 4) is 0 Å². The quantitative estimate of drug-likeness (QED) is 0.784. The predicted octanol–water partition coefficient (Wildman–Crippen LogP) is 1.39. The summed E-state index contributed by atoms with van der Waals surface area (Å²) >= 11 is 3.42. The average molecular weight is 339 g/mol. The molecule has 20 heavy (non-hydrogen) atoms. The van der Waals surface area contributed by atoms with Crippen LogP contribution in [0.5, 0.6) is 0 Å². The molecule has 2 atom stereocenters. The van der Waals surface area contributed by atoms with E-state index in [1.54, 1.807) is 6.20 Å². The van der Waals surface area contributed by atoms with E-state index in [-0.39, 0.29) is 12.0 Å². The van der Waals surface area contributed by atoms with Gasteiger partial charge in [0, 0.05) is 18.4 Å². The van der Waals surface area contributed by atoms with Gasteiger partial charge in [-0.1, -0.05) is 0 Å². The number of aromatic nitrogens is 1. The van der Waals surface area contributed by atoms with E-state index >= 15 is 0 Å². The SMILES string of the molecule is NC1OC2(CN3CCC2CC3)CN1c1ccnc(Br)c1. The number of nitrogens with zero attached hydrogens (tertiary/aromatic N) is 3. The molecule has 0 radical (unpaired) electrons. The minimum Gasteiger partial charge on any atom is -0.335 e. The van der Waals surface area contributed by atoms with Gasteiger partial charge in [-0.05, 0) is 59.9 Å². The third kappa shape index (κ3) is 1.97. The second kappa shape index (κ2) is 4.66. The summed E-state index contributed by atoms with van der Waals surface area (Å²) in [7, 11) is 0. The Balaban J connectivity index is 1.62. The van der Waals surface area contributed by atoms with Crippen molar-refractivity contribution < 1.29 is 4.74 Å². The number of anilines is 1. The van der Waals surface area contributed by atoms with Crippen LogP contribution in [0.25, 0.3) is 0 Å². The second-order valence-corrected chi connectivity index (χ2v) is 6.90. The maximum Gasteiger partial charge on any atom is 0.185 e. The number of hydrogen-bond acceptors (Lipinski definition) is 5. The lowest BCUT2D eigenvalue weighted by Gasteiger charge is -2.50. The number of hydrogen-bond donors (Lipinski definition) is 1. The second-order valence-electron chi connectivity index (χ2n) is 6.09. The largest absolute Gasteiger partial charge is 0.335 e. The van der Waals surface area contributed by atoms with E-state index in [4.69, 9.17) is 10.5 Å². The van der Waals surface area contributed by atoms with Crippen molar-refractivity contribution >= 4 is 21.6 Å². The van der Waals surface area contributed by atoms with Gasteiger partial charge in [0.2, 0.25) is 0 Å². The molecule has 1 aromatic heterocycles. The van der Waals surface area contributed by atoms with Crippen molar-refractivity contribution in [1.29, 1.82) is 0 Å². The number of rotatable bonds is 1. The molecule has 0 saturated carbocycles. The molecule has 5 heterocycles. The number of nitrogens with two attached hydrogens (primary N) is 1. The van der Waals surface area contributed by atoms with E-state index in [0.717, 1.165) is 23.4 Å². The molecule has 1 spiro atoms. The lowest BCUT2D eigenvalue weighted by molar-refractivity contribution is -0.137. The molecule has 1 aromatic rings. The van der Waals surface area contributed by atoms with Gasteiger partial charge >= 0.3 is 0 Å². The zero-order chi connectivity index (χ0) is 13.7. The first-order valence-electron chi connectivity index (χ1n) is 7.20. The van der Waals surface area contributed by atoms with Gasteiger partial charge < -0.3 is 14.5 Å². The van der Waals surface area contributed by atoms with E-state index in [1.807, 2.05) is 12.1 Å². The van der Waals surface area contributed by atoms with E-state index in [2.05, 4.69) is 30.7 Å². The Labute approximate surface area is 127 Å². The van der Waals surface area contributed by atoms with Crippen LogP contribution in [0, 0.1) is 5.92 Å². The first-order valence-corrected chi connectivity index (χ1v) is 8.00. The number of fused-ring (bicyclic) bond motifs is 2. The highest BCUT2D eigenvalue weighted by molar-refractivity contribution is 9.10. The normalized spacial score (nSPS) is 39.7. The molecule has 108 valence electrons. The molecule has 4 aliphatic heterocycles. The fourth-order valence-corrected chi connectivity index (χ4v) is 4.32. The Bertz CT molecular complexity index is 520. The molecule has 4 saturated heterocycles. The highest BCUT2D eigenvalue weighted by Gasteiger charge is 2.54. The van der Waals surface area contributed by atoms with Gasteiger partial charge in [-0.2, -0.15) is 0 Å². The van der Waals surface area contributed by atoms with E-state index in [0.29, 0.717) is 5.92 Å². The van der Waals surface area contributed by atoms with Crippen molar-refractivity contribution in [3.05, 3.63) is 22.9 Å². The first kappa shape index (κ1) is 13.0. The molecule has 5 nitrogen and oxygen atoms in total. The van der Waals surface area contributed by atoms with Crippen molar-refractivity contribution in [1.82, 2.24) is 9.88 Å². The molecule has 2 bridgehead atoms. The lowest BCUT2D eigenvalue weighted by Crippen LogP contribution is -2.61. The topological polar surface area (TPSA) is 54.6 Å². The van der Waals surface area contributed by atoms with Crippen LogP contribution in [0.1, 0.15) is 12.8 Å². The highest BCUT2D eigenvalue weighted by atomic mass is 79.9. The Morgan fingerprint density at radius 1 is 1.35 bits per heavy atom. The molecule has 6 heteroatoms. The Hall–Kier alpha value is -0.690. The third-order valence-corrected chi connectivity index (χ3v) is 5.40. The van der Waals surface area contributed by atoms with Crippen LogP contribution < -0.4 is 10.6 Å². The van der Waals surface area contributed by atoms with Crippen LogP contribution in [0.3, 0.4) is 0 Å². The summed E-state index contributed by atoms with van der Waals surface area (Å²) in [5.41, 5.74) is 7.25. The zero-order valence-electron chi connectivity index (χ0n) is 11.3. The summed E-state index contributed by atoms with van der Waals surface area (Å²) in [6, 6.07) is 4.00. The molecule has 4 fully saturated rings. The van der Waals surface area contributed by atoms with Crippen molar-refractivity contribution in [2.45, 2.75) is 24.8 Å². The van der Waals surface area contributed by atoms with Gasteiger partial charge in [0.1, 0.15) is 10.2 Å². The van der Waals surface area contributed by atoms with Gasteiger partial charge in [-0.15, -0.1) is 0 Å². The van der Waals surface area contributed by atoms with Gasteiger partial charge in [0.15, 0.2) is 6.35 Å². The van der Waals surface area contributed by atoms with Crippen LogP contribution >= 0.6 is 15.9 Å². The number of pyridine rings is 1. The summed E-state index contributed by atoms with van der Waals surface area (Å²) in [6.45, 7) is 4.33. The highest BCUT2D eigenvalue weighted by Crippen LogP contribution is 2.43. The maximum absolute atomic E-state index is 6.26. The monoisotopic (exact) mass is 338 g/mol. The number of ether oxygens (including phenoxy) is 1. The fourth-order valence-electron chi connectivity index (χ4n) is 3.97. The Morgan fingerprint density at radius 3 is 2.80 bits per heavy atom. The number of halogens is 1. The molecule has 0 aliphatic carbocycles.